The lowest BCUT2D eigenvalue weighted by Crippen LogP contribution is -2.49. The van der Waals surface area contributed by atoms with E-state index in [2.05, 4.69) is 30.0 Å². The third-order valence-corrected chi connectivity index (χ3v) is 5.89. The molecule has 0 atom stereocenters. The van der Waals surface area contributed by atoms with E-state index in [9.17, 15) is 13.2 Å². The Hall–Kier alpha value is -1.64. The molecule has 0 spiro atoms. The molecule has 0 bridgehead atoms. The van der Waals surface area contributed by atoms with Crippen LogP contribution in [-0.2, 0) is 19.6 Å². The van der Waals surface area contributed by atoms with Gasteiger partial charge < -0.3 is 14.5 Å². The normalized spacial score (nSPS) is 15.5. The van der Waals surface area contributed by atoms with Gasteiger partial charge in [-0.25, -0.2) is 8.42 Å². The molecule has 8 heteroatoms. The molecule has 0 aromatic heterocycles. The summed E-state index contributed by atoms with van der Waals surface area (Å²) in [6.45, 7) is 5.73. The Labute approximate surface area is 156 Å². The number of anilines is 1. The number of carbonyl (C=O) groups excluding carboxylic acids is 1. The zero-order chi connectivity index (χ0) is 19.2. The van der Waals surface area contributed by atoms with E-state index < -0.39 is 10.0 Å². The standard InChI is InChI=1S/C18H29N3O4S/c1-16-5-4-6-17(15-16)19-9-11-20(12-10-19)18(22)7-8-21(13-14-25-2)26(3,23)24/h4-6,15H,7-14H2,1-3H3. The number of ether oxygens (including phenoxy) is 1. The predicted molar refractivity (Wildman–Crippen MR) is 103 cm³/mol. The average molecular weight is 384 g/mol. The largest absolute Gasteiger partial charge is 0.383 e. The summed E-state index contributed by atoms with van der Waals surface area (Å²) in [5, 5.41) is 0. The predicted octanol–water partition coefficient (Wildman–Crippen LogP) is 0.942. The first-order valence-electron chi connectivity index (χ1n) is 8.84. The number of hydrogen-bond acceptors (Lipinski definition) is 5. The van der Waals surface area contributed by atoms with Crippen molar-refractivity contribution in [2.75, 3.05) is 64.1 Å². The second-order valence-corrected chi connectivity index (χ2v) is 8.59. The summed E-state index contributed by atoms with van der Waals surface area (Å²) in [5.74, 6) is -0.0000379. The fourth-order valence-corrected chi connectivity index (χ4v) is 3.88. The molecular weight excluding hydrogens is 354 g/mol. The highest BCUT2D eigenvalue weighted by atomic mass is 32.2. The first-order chi connectivity index (χ1) is 12.3. The third kappa shape index (κ3) is 5.96. The van der Waals surface area contributed by atoms with Crippen molar-refractivity contribution < 1.29 is 17.9 Å². The molecule has 26 heavy (non-hydrogen) atoms. The molecule has 0 aliphatic carbocycles. The van der Waals surface area contributed by atoms with Crippen LogP contribution < -0.4 is 4.90 Å². The number of rotatable bonds is 8. The van der Waals surface area contributed by atoms with Crippen LogP contribution in [0.4, 0.5) is 5.69 Å². The van der Waals surface area contributed by atoms with Crippen molar-refractivity contribution in [3.05, 3.63) is 29.8 Å². The molecule has 1 aliphatic rings. The Balaban J connectivity index is 1.84. The van der Waals surface area contributed by atoms with Crippen molar-refractivity contribution in [2.24, 2.45) is 0 Å². The molecule has 0 unspecified atom stereocenters. The van der Waals surface area contributed by atoms with E-state index in [1.807, 2.05) is 11.0 Å². The third-order valence-electron chi connectivity index (χ3n) is 4.59. The van der Waals surface area contributed by atoms with Crippen molar-refractivity contribution >= 4 is 21.6 Å². The molecule has 1 fully saturated rings. The molecule has 7 nitrogen and oxygen atoms in total. The summed E-state index contributed by atoms with van der Waals surface area (Å²) in [5.41, 5.74) is 2.40. The summed E-state index contributed by atoms with van der Waals surface area (Å²) in [6, 6.07) is 8.35. The van der Waals surface area contributed by atoms with Gasteiger partial charge >= 0.3 is 0 Å². The number of carbonyl (C=O) groups is 1. The molecule has 1 aliphatic heterocycles. The number of nitrogens with zero attached hydrogens (tertiary/aromatic N) is 3. The van der Waals surface area contributed by atoms with Gasteiger partial charge in [-0.1, -0.05) is 12.1 Å². The number of piperazine rings is 1. The lowest BCUT2D eigenvalue weighted by Gasteiger charge is -2.36. The minimum absolute atomic E-state index is 0.0000379. The number of hydrogen-bond donors (Lipinski definition) is 0. The Morgan fingerprint density at radius 2 is 1.88 bits per heavy atom. The van der Waals surface area contributed by atoms with Crippen LogP contribution in [0.5, 0.6) is 0 Å². The van der Waals surface area contributed by atoms with Gasteiger partial charge in [0.2, 0.25) is 15.9 Å². The topological polar surface area (TPSA) is 70.2 Å². The van der Waals surface area contributed by atoms with Crippen molar-refractivity contribution in [2.45, 2.75) is 13.3 Å². The van der Waals surface area contributed by atoms with Gasteiger partial charge in [-0.15, -0.1) is 0 Å². The lowest BCUT2D eigenvalue weighted by atomic mass is 10.2. The highest BCUT2D eigenvalue weighted by Gasteiger charge is 2.23. The van der Waals surface area contributed by atoms with Crippen LogP contribution in [0.25, 0.3) is 0 Å². The maximum atomic E-state index is 12.5. The van der Waals surface area contributed by atoms with Crippen LogP contribution in [0.3, 0.4) is 0 Å². The van der Waals surface area contributed by atoms with Crippen LogP contribution in [0, 0.1) is 6.92 Å². The molecule has 146 valence electrons. The first-order valence-corrected chi connectivity index (χ1v) is 10.7. The minimum atomic E-state index is -3.34. The summed E-state index contributed by atoms with van der Waals surface area (Å²) in [7, 11) is -1.81. The van der Waals surface area contributed by atoms with E-state index in [4.69, 9.17) is 4.74 Å². The zero-order valence-electron chi connectivity index (χ0n) is 15.8. The summed E-state index contributed by atoms with van der Waals surface area (Å²) in [6.07, 6.45) is 1.36. The molecule has 1 heterocycles. The van der Waals surface area contributed by atoms with Gasteiger partial charge in [0.25, 0.3) is 0 Å². The minimum Gasteiger partial charge on any atom is -0.383 e. The second-order valence-electron chi connectivity index (χ2n) is 6.61. The number of amides is 1. The van der Waals surface area contributed by atoms with Crippen molar-refractivity contribution in [1.82, 2.24) is 9.21 Å². The van der Waals surface area contributed by atoms with Crippen LogP contribution in [-0.4, -0.2) is 82.8 Å². The summed E-state index contributed by atoms with van der Waals surface area (Å²) < 4.78 is 29.8. The fraction of sp³-hybridized carbons (Fsp3) is 0.611. The Morgan fingerprint density at radius 3 is 2.46 bits per heavy atom. The zero-order valence-corrected chi connectivity index (χ0v) is 16.7. The maximum Gasteiger partial charge on any atom is 0.224 e. The molecule has 1 saturated heterocycles. The SMILES string of the molecule is COCCN(CCC(=O)N1CCN(c2cccc(C)c2)CC1)S(C)(=O)=O. The average Bonchev–Trinajstić information content (AvgIpc) is 2.60. The van der Waals surface area contributed by atoms with Gasteiger partial charge in [-0.2, -0.15) is 4.31 Å². The fourth-order valence-electron chi connectivity index (χ4n) is 3.05. The van der Waals surface area contributed by atoms with E-state index in [-0.39, 0.29) is 25.4 Å². The molecule has 2 rings (SSSR count). The van der Waals surface area contributed by atoms with Crippen molar-refractivity contribution in [3.63, 3.8) is 0 Å². The van der Waals surface area contributed by atoms with Gasteiger partial charge in [-0.05, 0) is 24.6 Å². The van der Waals surface area contributed by atoms with Crippen molar-refractivity contribution in [3.8, 4) is 0 Å². The Bertz CT molecular complexity index is 700. The molecule has 0 N–H and O–H groups in total. The highest BCUT2D eigenvalue weighted by molar-refractivity contribution is 7.88. The summed E-state index contributed by atoms with van der Waals surface area (Å²) in [4.78, 5) is 16.6. The van der Waals surface area contributed by atoms with Gasteiger partial charge in [-0.3, -0.25) is 4.79 Å². The van der Waals surface area contributed by atoms with Gasteiger partial charge in [0.15, 0.2) is 0 Å². The van der Waals surface area contributed by atoms with E-state index in [1.54, 1.807) is 0 Å². The first kappa shape index (κ1) is 20.7. The quantitative estimate of drug-likeness (QED) is 0.668. The number of aryl methyl sites for hydroxylation is 1. The van der Waals surface area contributed by atoms with Crippen LogP contribution in [0.2, 0.25) is 0 Å². The molecule has 0 saturated carbocycles. The van der Waals surface area contributed by atoms with Crippen LogP contribution in [0.15, 0.2) is 24.3 Å². The summed E-state index contributed by atoms with van der Waals surface area (Å²) >= 11 is 0. The highest BCUT2D eigenvalue weighted by Crippen LogP contribution is 2.18. The van der Waals surface area contributed by atoms with Crippen molar-refractivity contribution in [1.29, 1.82) is 0 Å². The molecule has 1 amide bonds. The monoisotopic (exact) mass is 383 g/mol. The van der Waals surface area contributed by atoms with E-state index in [0.29, 0.717) is 19.7 Å². The Kier molecular flexibility index (Phi) is 7.43. The Morgan fingerprint density at radius 1 is 1.19 bits per heavy atom. The van der Waals surface area contributed by atoms with Crippen LogP contribution >= 0.6 is 0 Å². The second kappa shape index (κ2) is 9.34. The number of sulfonamides is 1. The van der Waals surface area contributed by atoms with E-state index in [1.165, 1.54) is 22.7 Å². The lowest BCUT2D eigenvalue weighted by molar-refractivity contribution is -0.131. The molecule has 1 aromatic carbocycles. The molecule has 1 aromatic rings. The molecular formula is C18H29N3O4S. The number of methoxy groups -OCH3 is 1. The number of benzene rings is 1. The van der Waals surface area contributed by atoms with Gasteiger partial charge in [0.05, 0.1) is 12.9 Å². The smallest absolute Gasteiger partial charge is 0.224 e. The molecule has 0 radical (unpaired) electrons. The van der Waals surface area contributed by atoms with E-state index in [0.717, 1.165) is 19.3 Å². The van der Waals surface area contributed by atoms with E-state index >= 15 is 0 Å². The maximum absolute atomic E-state index is 12.5. The van der Waals surface area contributed by atoms with Gasteiger partial charge in [0.1, 0.15) is 0 Å². The van der Waals surface area contributed by atoms with Gasteiger partial charge in [0, 0.05) is 58.5 Å². The van der Waals surface area contributed by atoms with Crippen LogP contribution in [0.1, 0.15) is 12.0 Å².